The third-order valence-electron chi connectivity index (χ3n) is 6.50. The number of hydrogen-bond acceptors (Lipinski definition) is 9. The Hall–Kier alpha value is -3.62. The zero-order valence-corrected chi connectivity index (χ0v) is 21.7. The van der Waals surface area contributed by atoms with E-state index >= 15 is 4.39 Å². The average molecular weight is 564 g/mol. The van der Waals surface area contributed by atoms with Crippen LogP contribution in [0.2, 0.25) is 5.02 Å². The fraction of sp³-hybridized carbons (Fsp3) is 0.348. The number of sulfone groups is 1. The lowest BCUT2D eigenvalue weighted by Crippen LogP contribution is -2.45. The molecule has 200 valence electrons. The van der Waals surface area contributed by atoms with Crippen LogP contribution in [0.3, 0.4) is 0 Å². The van der Waals surface area contributed by atoms with Gasteiger partial charge in [0.05, 0.1) is 47.6 Å². The fourth-order valence-corrected chi connectivity index (χ4v) is 6.23. The van der Waals surface area contributed by atoms with Crippen molar-refractivity contribution in [2.45, 2.75) is 29.9 Å². The van der Waals surface area contributed by atoms with Gasteiger partial charge in [-0.05, 0) is 41.5 Å². The van der Waals surface area contributed by atoms with Crippen molar-refractivity contribution in [3.63, 3.8) is 0 Å². The number of amides is 2. The number of methoxy groups -OCH3 is 1. The number of fused-ring (bicyclic) bond motifs is 1. The standard InChI is InChI=1S/C23H23ClFN7O5S/c1-37-23(34)30-7-6-15(11-30)32-28-21(27-29-32)16-8-19-20(9-17(16)25)38(35,36)12-18(26)22(33)31(19)10-13-2-4-14(24)5-3-13/h2-5,8-9,15,18H,6-7,10-12,26H2,1H3/t15?,18-/m0/s1. The summed E-state index contributed by atoms with van der Waals surface area (Å²) in [5.74, 6) is -2.30. The molecular weight excluding hydrogens is 541 g/mol. The number of carbonyl (C=O) groups is 2. The van der Waals surface area contributed by atoms with E-state index in [0.717, 1.165) is 6.07 Å². The van der Waals surface area contributed by atoms with Gasteiger partial charge in [-0.2, -0.15) is 4.80 Å². The third-order valence-corrected chi connectivity index (χ3v) is 8.55. The molecule has 2 atom stereocenters. The summed E-state index contributed by atoms with van der Waals surface area (Å²) in [6.07, 6.45) is 0.0614. The van der Waals surface area contributed by atoms with Crippen molar-refractivity contribution in [2.24, 2.45) is 5.73 Å². The van der Waals surface area contributed by atoms with E-state index in [2.05, 4.69) is 15.4 Å². The lowest BCUT2D eigenvalue weighted by atomic mass is 10.1. The normalized spacial score (nSPS) is 20.8. The monoisotopic (exact) mass is 563 g/mol. The van der Waals surface area contributed by atoms with Crippen molar-refractivity contribution >= 4 is 39.1 Å². The Morgan fingerprint density at radius 2 is 2.00 bits per heavy atom. The Kier molecular flexibility index (Phi) is 6.79. The molecule has 38 heavy (non-hydrogen) atoms. The first kappa shape index (κ1) is 26.0. The van der Waals surface area contributed by atoms with Gasteiger partial charge in [0, 0.05) is 18.1 Å². The molecule has 1 fully saturated rings. The second-order valence-corrected chi connectivity index (χ2v) is 11.5. The second kappa shape index (κ2) is 9.93. The van der Waals surface area contributed by atoms with E-state index in [-0.39, 0.29) is 41.1 Å². The summed E-state index contributed by atoms with van der Waals surface area (Å²) in [6, 6.07) is 7.10. The molecule has 3 aromatic rings. The maximum Gasteiger partial charge on any atom is 0.409 e. The molecule has 2 aromatic carbocycles. The van der Waals surface area contributed by atoms with E-state index in [1.54, 1.807) is 24.3 Å². The highest BCUT2D eigenvalue weighted by molar-refractivity contribution is 7.91. The summed E-state index contributed by atoms with van der Waals surface area (Å²) in [7, 11) is -2.81. The molecular formula is C23H23ClFN7O5S. The molecule has 15 heteroatoms. The first-order valence-electron chi connectivity index (χ1n) is 11.6. The van der Waals surface area contributed by atoms with Gasteiger partial charge in [-0.3, -0.25) is 4.79 Å². The first-order chi connectivity index (χ1) is 18.1. The molecule has 0 saturated carbocycles. The highest BCUT2D eigenvalue weighted by Crippen LogP contribution is 2.36. The Labute approximate surface area is 222 Å². The molecule has 0 spiro atoms. The molecule has 1 unspecified atom stereocenters. The predicted molar refractivity (Wildman–Crippen MR) is 134 cm³/mol. The molecule has 5 rings (SSSR count). The van der Waals surface area contributed by atoms with Crippen molar-refractivity contribution in [3.8, 4) is 11.4 Å². The van der Waals surface area contributed by atoms with Crippen LogP contribution in [0.25, 0.3) is 11.4 Å². The maximum atomic E-state index is 15.3. The Bertz CT molecular complexity index is 1510. The number of likely N-dealkylation sites (tertiary alicyclic amines) is 1. The first-order valence-corrected chi connectivity index (χ1v) is 13.6. The summed E-state index contributed by atoms with van der Waals surface area (Å²) in [5, 5.41) is 12.8. The van der Waals surface area contributed by atoms with Gasteiger partial charge < -0.3 is 20.3 Å². The van der Waals surface area contributed by atoms with Gasteiger partial charge in [0.15, 0.2) is 9.84 Å². The van der Waals surface area contributed by atoms with Gasteiger partial charge in [-0.15, -0.1) is 10.2 Å². The lowest BCUT2D eigenvalue weighted by molar-refractivity contribution is -0.119. The zero-order chi connectivity index (χ0) is 27.2. The molecule has 0 radical (unpaired) electrons. The van der Waals surface area contributed by atoms with Crippen LogP contribution in [0.4, 0.5) is 14.9 Å². The van der Waals surface area contributed by atoms with Gasteiger partial charge in [0.1, 0.15) is 5.82 Å². The average Bonchev–Trinajstić information content (AvgIpc) is 3.56. The topological polar surface area (TPSA) is 154 Å². The second-order valence-electron chi connectivity index (χ2n) is 9.03. The molecule has 0 aliphatic carbocycles. The van der Waals surface area contributed by atoms with Crippen molar-refractivity contribution in [1.82, 2.24) is 25.1 Å². The summed E-state index contributed by atoms with van der Waals surface area (Å²) >= 11 is 5.97. The summed E-state index contributed by atoms with van der Waals surface area (Å²) in [6.45, 7) is 0.693. The summed E-state index contributed by atoms with van der Waals surface area (Å²) in [4.78, 5) is 28.6. The smallest absolute Gasteiger partial charge is 0.409 e. The Morgan fingerprint density at radius 1 is 1.26 bits per heavy atom. The van der Waals surface area contributed by atoms with Gasteiger partial charge in [0.2, 0.25) is 11.7 Å². The number of hydrogen-bond donors (Lipinski definition) is 1. The number of ether oxygens (including phenoxy) is 1. The number of carbonyl (C=O) groups excluding carboxylic acids is 2. The Morgan fingerprint density at radius 3 is 2.71 bits per heavy atom. The van der Waals surface area contributed by atoms with E-state index in [9.17, 15) is 18.0 Å². The number of rotatable bonds is 4. The van der Waals surface area contributed by atoms with Crippen LogP contribution >= 0.6 is 11.6 Å². The number of nitrogens with two attached hydrogens (primary N) is 1. The van der Waals surface area contributed by atoms with Crippen LogP contribution in [-0.4, -0.2) is 77.5 Å². The number of halogens is 2. The van der Waals surface area contributed by atoms with Gasteiger partial charge in [-0.25, -0.2) is 17.6 Å². The third kappa shape index (κ3) is 4.81. The van der Waals surface area contributed by atoms with Crippen LogP contribution < -0.4 is 10.6 Å². The van der Waals surface area contributed by atoms with Crippen LogP contribution in [-0.2, 0) is 25.9 Å². The summed E-state index contributed by atoms with van der Waals surface area (Å²) in [5.41, 5.74) is 6.42. The minimum Gasteiger partial charge on any atom is -0.453 e. The quantitative estimate of drug-likeness (QED) is 0.500. The van der Waals surface area contributed by atoms with Crippen LogP contribution in [0.1, 0.15) is 18.0 Å². The van der Waals surface area contributed by atoms with E-state index in [1.165, 1.54) is 27.8 Å². The number of tetrazole rings is 1. The molecule has 1 saturated heterocycles. The molecule has 3 heterocycles. The number of benzene rings is 2. The van der Waals surface area contributed by atoms with Crippen molar-refractivity contribution in [3.05, 3.63) is 52.8 Å². The molecule has 2 aliphatic rings. The van der Waals surface area contributed by atoms with Crippen molar-refractivity contribution in [2.75, 3.05) is 30.9 Å². The van der Waals surface area contributed by atoms with Crippen LogP contribution in [0, 0.1) is 5.82 Å². The van der Waals surface area contributed by atoms with Crippen LogP contribution in [0.15, 0.2) is 41.3 Å². The molecule has 12 nitrogen and oxygen atoms in total. The molecule has 2 aliphatic heterocycles. The van der Waals surface area contributed by atoms with Crippen molar-refractivity contribution in [1.29, 1.82) is 0 Å². The summed E-state index contributed by atoms with van der Waals surface area (Å²) < 4.78 is 46.2. The highest BCUT2D eigenvalue weighted by Gasteiger charge is 2.38. The molecule has 1 aromatic heterocycles. The van der Waals surface area contributed by atoms with Gasteiger partial charge in [0.25, 0.3) is 0 Å². The van der Waals surface area contributed by atoms with Crippen molar-refractivity contribution < 1.29 is 27.1 Å². The molecule has 0 bridgehead atoms. The fourth-order valence-electron chi connectivity index (χ4n) is 4.54. The van der Waals surface area contributed by atoms with Crippen LogP contribution in [0.5, 0.6) is 0 Å². The molecule has 2 amide bonds. The number of aromatic nitrogens is 4. The largest absolute Gasteiger partial charge is 0.453 e. The zero-order valence-electron chi connectivity index (χ0n) is 20.1. The van der Waals surface area contributed by atoms with E-state index in [4.69, 9.17) is 22.1 Å². The predicted octanol–water partition coefficient (Wildman–Crippen LogP) is 1.79. The van der Waals surface area contributed by atoms with Gasteiger partial charge in [-0.1, -0.05) is 23.7 Å². The minimum atomic E-state index is -4.10. The van der Waals surface area contributed by atoms with Gasteiger partial charge >= 0.3 is 6.09 Å². The van der Waals surface area contributed by atoms with E-state index in [1.807, 2.05) is 0 Å². The number of nitrogens with zero attached hydrogens (tertiary/aromatic N) is 6. The minimum absolute atomic E-state index is 0.0249. The Balaban J connectivity index is 1.54. The molecule has 2 N–H and O–H groups in total. The van der Waals surface area contributed by atoms with E-state index < -0.39 is 39.4 Å². The SMILES string of the molecule is COC(=O)N1CCC(n2nnc(-c3cc4c(cc3F)S(=O)(=O)C[C@H](N)C(=O)N4Cc3ccc(Cl)cc3)n2)C1. The maximum absolute atomic E-state index is 15.3. The highest BCUT2D eigenvalue weighted by atomic mass is 35.5. The lowest BCUT2D eigenvalue weighted by Gasteiger charge is -2.24. The van der Waals surface area contributed by atoms with E-state index in [0.29, 0.717) is 23.6 Å². The number of anilines is 1.